The van der Waals surface area contributed by atoms with Crippen LogP contribution in [0.3, 0.4) is 0 Å². The van der Waals surface area contributed by atoms with E-state index < -0.39 is 11.5 Å². The van der Waals surface area contributed by atoms with Crippen LogP contribution < -0.4 is 5.32 Å². The van der Waals surface area contributed by atoms with Gasteiger partial charge in [-0.2, -0.15) is 0 Å². The number of carboxylic acids is 1. The van der Waals surface area contributed by atoms with Crippen LogP contribution in [0.25, 0.3) is 10.2 Å². The van der Waals surface area contributed by atoms with Crippen molar-refractivity contribution in [2.75, 3.05) is 0 Å². The first-order valence-corrected chi connectivity index (χ1v) is 7.98. The van der Waals surface area contributed by atoms with E-state index in [4.69, 9.17) is 5.11 Å². The summed E-state index contributed by atoms with van der Waals surface area (Å²) in [6.45, 7) is 2.92. The molecule has 2 N–H and O–H groups in total. The van der Waals surface area contributed by atoms with E-state index in [2.05, 4.69) is 26.2 Å². The second-order valence-corrected chi connectivity index (χ2v) is 7.23. The Hall–Kier alpha value is -1.47. The van der Waals surface area contributed by atoms with Gasteiger partial charge in [-0.1, -0.05) is 15.9 Å². The van der Waals surface area contributed by atoms with Crippen LogP contribution in [-0.2, 0) is 16.0 Å². The van der Waals surface area contributed by atoms with Crippen molar-refractivity contribution in [3.63, 3.8) is 0 Å². The molecule has 0 aliphatic heterocycles. The van der Waals surface area contributed by atoms with Crippen LogP contribution >= 0.6 is 27.3 Å². The molecule has 112 valence electrons. The van der Waals surface area contributed by atoms with Crippen LogP contribution in [0.1, 0.15) is 25.3 Å². The first-order valence-electron chi connectivity index (χ1n) is 6.37. The van der Waals surface area contributed by atoms with Crippen molar-refractivity contribution in [2.24, 2.45) is 0 Å². The number of nitrogens with zero attached hydrogens (tertiary/aromatic N) is 1. The Morgan fingerprint density at radius 3 is 2.81 bits per heavy atom. The van der Waals surface area contributed by atoms with Gasteiger partial charge in [0, 0.05) is 17.3 Å². The summed E-state index contributed by atoms with van der Waals surface area (Å²) in [5.74, 6) is -1.34. The van der Waals surface area contributed by atoms with Crippen LogP contribution in [0.4, 0.5) is 0 Å². The Morgan fingerprint density at radius 2 is 2.14 bits per heavy atom. The molecule has 0 fully saturated rings. The van der Waals surface area contributed by atoms with E-state index in [9.17, 15) is 9.59 Å². The van der Waals surface area contributed by atoms with E-state index in [1.807, 2.05) is 18.2 Å². The summed E-state index contributed by atoms with van der Waals surface area (Å²) < 4.78 is 2.03. The monoisotopic (exact) mass is 370 g/mol. The van der Waals surface area contributed by atoms with E-state index in [1.165, 1.54) is 13.8 Å². The number of nitrogens with one attached hydrogen (secondary N) is 1. The molecule has 5 nitrogen and oxygen atoms in total. The molecule has 0 atom stereocenters. The van der Waals surface area contributed by atoms with E-state index in [1.54, 1.807) is 11.3 Å². The maximum absolute atomic E-state index is 11.8. The molecule has 1 aromatic carbocycles. The first-order chi connectivity index (χ1) is 9.78. The second kappa shape index (κ2) is 6.11. The molecule has 0 aliphatic rings. The zero-order valence-electron chi connectivity index (χ0n) is 11.6. The number of thiazole rings is 1. The molecular formula is C14H15BrN2O3S. The van der Waals surface area contributed by atoms with Crippen LogP contribution in [0.15, 0.2) is 22.7 Å². The predicted octanol–water partition coefficient (Wildman–Crippen LogP) is 2.97. The average molecular weight is 371 g/mol. The number of halogens is 1. The molecular weight excluding hydrogens is 356 g/mol. The van der Waals surface area contributed by atoms with Gasteiger partial charge < -0.3 is 10.4 Å². The SMILES string of the molecule is CC(C)(NC(=O)CCc1nc2cc(Br)ccc2s1)C(=O)O. The fourth-order valence-corrected chi connectivity index (χ4v) is 3.04. The summed E-state index contributed by atoms with van der Waals surface area (Å²) >= 11 is 4.94. The summed E-state index contributed by atoms with van der Waals surface area (Å²) in [5, 5.41) is 12.3. The molecule has 0 radical (unpaired) electrons. The van der Waals surface area contributed by atoms with Crippen molar-refractivity contribution in [3.05, 3.63) is 27.7 Å². The number of hydrogen-bond donors (Lipinski definition) is 2. The quantitative estimate of drug-likeness (QED) is 0.847. The smallest absolute Gasteiger partial charge is 0.328 e. The molecule has 0 saturated carbocycles. The van der Waals surface area contributed by atoms with E-state index >= 15 is 0 Å². The number of amides is 1. The van der Waals surface area contributed by atoms with Crippen molar-refractivity contribution in [3.8, 4) is 0 Å². The molecule has 21 heavy (non-hydrogen) atoms. The van der Waals surface area contributed by atoms with Gasteiger partial charge in [-0.05, 0) is 32.0 Å². The highest BCUT2D eigenvalue weighted by atomic mass is 79.9. The molecule has 0 saturated heterocycles. The summed E-state index contributed by atoms with van der Waals surface area (Å²) in [4.78, 5) is 27.2. The first kappa shape index (κ1) is 15.9. The maximum Gasteiger partial charge on any atom is 0.328 e. The molecule has 0 aliphatic carbocycles. The lowest BCUT2D eigenvalue weighted by molar-refractivity contribution is -0.146. The fraction of sp³-hybridized carbons (Fsp3) is 0.357. The van der Waals surface area contributed by atoms with Gasteiger partial charge >= 0.3 is 5.97 Å². The largest absolute Gasteiger partial charge is 0.480 e. The third-order valence-corrected chi connectivity index (χ3v) is 4.54. The number of benzene rings is 1. The number of aliphatic carboxylic acids is 1. The number of rotatable bonds is 5. The molecule has 2 aromatic rings. The molecule has 1 heterocycles. The number of aryl methyl sites for hydroxylation is 1. The van der Waals surface area contributed by atoms with Crippen LogP contribution in [0.2, 0.25) is 0 Å². The minimum Gasteiger partial charge on any atom is -0.480 e. The van der Waals surface area contributed by atoms with Gasteiger partial charge in [-0.15, -0.1) is 11.3 Å². The van der Waals surface area contributed by atoms with Gasteiger partial charge in [-0.3, -0.25) is 4.79 Å². The third-order valence-electron chi connectivity index (χ3n) is 2.95. The van der Waals surface area contributed by atoms with E-state index in [0.29, 0.717) is 6.42 Å². The van der Waals surface area contributed by atoms with Crippen molar-refractivity contribution in [1.29, 1.82) is 0 Å². The Balaban J connectivity index is 1.98. The minimum atomic E-state index is -1.25. The van der Waals surface area contributed by atoms with Gasteiger partial charge in [0.2, 0.25) is 5.91 Å². The fourth-order valence-electron chi connectivity index (χ4n) is 1.74. The summed E-state index contributed by atoms with van der Waals surface area (Å²) in [6.07, 6.45) is 0.718. The molecule has 0 unspecified atom stereocenters. The van der Waals surface area contributed by atoms with Crippen LogP contribution in [-0.4, -0.2) is 27.5 Å². The number of fused-ring (bicyclic) bond motifs is 1. The molecule has 7 heteroatoms. The molecule has 0 bridgehead atoms. The number of carbonyl (C=O) groups is 2. The Labute approximate surface area is 134 Å². The zero-order valence-corrected chi connectivity index (χ0v) is 14.0. The zero-order chi connectivity index (χ0) is 15.6. The highest BCUT2D eigenvalue weighted by Gasteiger charge is 2.28. The van der Waals surface area contributed by atoms with Gasteiger partial charge in [0.1, 0.15) is 5.54 Å². The summed E-state index contributed by atoms with van der Waals surface area (Å²) in [5.41, 5.74) is -0.356. The van der Waals surface area contributed by atoms with Crippen molar-refractivity contribution >= 4 is 49.4 Å². The maximum atomic E-state index is 11.8. The molecule has 1 aromatic heterocycles. The number of hydrogen-bond acceptors (Lipinski definition) is 4. The minimum absolute atomic E-state index is 0.220. The standard InChI is InChI=1S/C14H15BrN2O3S/c1-14(2,13(19)20)17-11(18)5-6-12-16-9-7-8(15)3-4-10(9)21-12/h3-4,7H,5-6H2,1-2H3,(H,17,18)(H,19,20). The lowest BCUT2D eigenvalue weighted by atomic mass is 10.1. The van der Waals surface area contributed by atoms with Crippen molar-refractivity contribution in [1.82, 2.24) is 10.3 Å². The lowest BCUT2D eigenvalue weighted by Crippen LogP contribution is -2.49. The van der Waals surface area contributed by atoms with Gasteiger partial charge in [0.25, 0.3) is 0 Å². The third kappa shape index (κ3) is 4.01. The Morgan fingerprint density at radius 1 is 1.43 bits per heavy atom. The van der Waals surface area contributed by atoms with Crippen LogP contribution in [0.5, 0.6) is 0 Å². The highest BCUT2D eigenvalue weighted by Crippen LogP contribution is 2.25. The van der Waals surface area contributed by atoms with Crippen LogP contribution in [0, 0.1) is 0 Å². The molecule has 2 rings (SSSR count). The number of carboxylic acid groups (broad SMARTS) is 1. The Bertz CT molecular complexity index is 697. The Kier molecular flexibility index (Phi) is 4.63. The lowest BCUT2D eigenvalue weighted by Gasteiger charge is -2.20. The van der Waals surface area contributed by atoms with Crippen molar-refractivity contribution < 1.29 is 14.7 Å². The summed E-state index contributed by atoms with van der Waals surface area (Å²) in [6, 6.07) is 5.86. The van der Waals surface area contributed by atoms with E-state index in [0.717, 1.165) is 19.7 Å². The van der Waals surface area contributed by atoms with Gasteiger partial charge in [-0.25, -0.2) is 9.78 Å². The predicted molar refractivity (Wildman–Crippen MR) is 85.5 cm³/mol. The summed E-state index contributed by atoms with van der Waals surface area (Å²) in [7, 11) is 0. The van der Waals surface area contributed by atoms with E-state index in [-0.39, 0.29) is 12.3 Å². The topological polar surface area (TPSA) is 79.3 Å². The molecule has 0 spiro atoms. The average Bonchev–Trinajstić information content (AvgIpc) is 2.77. The van der Waals surface area contributed by atoms with Crippen molar-refractivity contribution in [2.45, 2.75) is 32.2 Å². The van der Waals surface area contributed by atoms with Gasteiger partial charge in [0.15, 0.2) is 0 Å². The number of carbonyl (C=O) groups excluding carboxylic acids is 1. The molecule has 1 amide bonds. The second-order valence-electron chi connectivity index (χ2n) is 5.20. The van der Waals surface area contributed by atoms with Gasteiger partial charge in [0.05, 0.1) is 15.2 Å². The number of aromatic nitrogens is 1. The highest BCUT2D eigenvalue weighted by molar-refractivity contribution is 9.10. The normalized spacial score (nSPS) is 11.6.